The van der Waals surface area contributed by atoms with E-state index in [-0.39, 0.29) is 5.75 Å². The molecule has 8 heavy (non-hydrogen) atoms. The fourth-order valence-corrected chi connectivity index (χ4v) is 0.830. The largest absolute Gasteiger partial charge is 0.306 e. The van der Waals surface area contributed by atoms with Crippen LogP contribution in [0, 0.1) is 0 Å². The van der Waals surface area contributed by atoms with E-state index in [9.17, 15) is 4.21 Å². The minimum absolute atomic E-state index is 0.219. The summed E-state index contributed by atoms with van der Waals surface area (Å²) in [6.07, 6.45) is 0.784. The summed E-state index contributed by atoms with van der Waals surface area (Å²) in [5, 5.41) is 0. The van der Waals surface area contributed by atoms with Gasteiger partial charge in [-0.3, -0.25) is 0 Å². The Bertz CT molecular complexity index is 109. The van der Waals surface area contributed by atoms with Crippen LogP contribution in [0.1, 0.15) is 13.3 Å². The second-order valence-electron chi connectivity index (χ2n) is 1.57. The molecule has 0 radical (unpaired) electrons. The molecule has 1 unspecified atom stereocenters. The Kier molecular flexibility index (Phi) is 3.73. The van der Waals surface area contributed by atoms with Gasteiger partial charge < -0.3 is 4.55 Å². The molecule has 0 aliphatic heterocycles. The number of rotatable bonds is 3. The smallest absolute Gasteiger partial charge is 0.156 e. The highest BCUT2D eigenvalue weighted by atomic mass is 32.2. The molecule has 0 rings (SSSR count). The van der Waals surface area contributed by atoms with Crippen molar-refractivity contribution in [1.29, 1.82) is 0 Å². The lowest BCUT2D eigenvalue weighted by molar-refractivity contribution is 0.566. The Labute approximate surface area is 51.9 Å². The van der Waals surface area contributed by atoms with E-state index < -0.39 is 11.1 Å². The van der Waals surface area contributed by atoms with Gasteiger partial charge in [0.05, 0.1) is 5.75 Å². The summed E-state index contributed by atoms with van der Waals surface area (Å²) in [4.78, 5) is 0. The van der Waals surface area contributed by atoms with Gasteiger partial charge in [-0.2, -0.15) is 0 Å². The average Bonchev–Trinajstić information content (AvgIpc) is 1.65. The Morgan fingerprint density at radius 2 is 2.38 bits per heavy atom. The molecule has 1 atom stereocenters. The molecule has 0 fully saturated rings. The van der Waals surface area contributed by atoms with Crippen LogP contribution in [-0.2, 0) is 11.1 Å². The fraction of sp³-hybridized carbons (Fsp3) is 0.600. The van der Waals surface area contributed by atoms with Gasteiger partial charge in [0.2, 0.25) is 0 Å². The van der Waals surface area contributed by atoms with Crippen LogP contribution in [0.3, 0.4) is 0 Å². The normalized spacial score (nSPS) is 13.2. The van der Waals surface area contributed by atoms with E-state index in [0.717, 1.165) is 12.0 Å². The highest BCUT2D eigenvalue weighted by Gasteiger charge is 1.93. The van der Waals surface area contributed by atoms with Crippen LogP contribution in [0.25, 0.3) is 0 Å². The Hall–Kier alpha value is -0.150. The molecule has 3 heteroatoms. The van der Waals surface area contributed by atoms with E-state index in [1.165, 1.54) is 0 Å². The van der Waals surface area contributed by atoms with Crippen molar-refractivity contribution in [2.45, 2.75) is 13.3 Å². The number of hydrogen-bond donors (Lipinski definition) is 1. The fourth-order valence-electron chi connectivity index (χ4n) is 0.277. The Balaban J connectivity index is 3.40. The first-order chi connectivity index (χ1) is 3.66. The molecule has 0 heterocycles. The molecular weight excluding hydrogens is 124 g/mol. The average molecular weight is 134 g/mol. The molecule has 0 aromatic carbocycles. The summed E-state index contributed by atoms with van der Waals surface area (Å²) in [5.74, 6) is 0.219. The van der Waals surface area contributed by atoms with E-state index in [2.05, 4.69) is 6.58 Å². The van der Waals surface area contributed by atoms with Crippen LogP contribution in [0.15, 0.2) is 12.2 Å². The third kappa shape index (κ3) is 4.02. The lowest BCUT2D eigenvalue weighted by Crippen LogP contribution is -1.95. The van der Waals surface area contributed by atoms with Crippen LogP contribution >= 0.6 is 0 Å². The molecule has 1 N–H and O–H groups in total. The second-order valence-corrected chi connectivity index (χ2v) is 2.50. The molecule has 0 spiro atoms. The van der Waals surface area contributed by atoms with Gasteiger partial charge in [0.25, 0.3) is 0 Å². The second kappa shape index (κ2) is 3.80. The van der Waals surface area contributed by atoms with E-state index in [4.69, 9.17) is 4.55 Å². The van der Waals surface area contributed by atoms with Crippen molar-refractivity contribution in [1.82, 2.24) is 0 Å². The Morgan fingerprint density at radius 3 is 2.50 bits per heavy atom. The van der Waals surface area contributed by atoms with Crippen LogP contribution < -0.4 is 0 Å². The van der Waals surface area contributed by atoms with Crippen molar-refractivity contribution in [3.63, 3.8) is 0 Å². The maximum atomic E-state index is 10.0. The van der Waals surface area contributed by atoms with Crippen molar-refractivity contribution >= 4 is 11.1 Å². The monoisotopic (exact) mass is 134 g/mol. The summed E-state index contributed by atoms with van der Waals surface area (Å²) in [6, 6.07) is 0. The SMILES string of the molecule is C=C(CC)CS(=O)O. The first-order valence-electron chi connectivity index (χ1n) is 2.41. The molecule has 0 amide bonds. The molecule has 0 aromatic heterocycles. The maximum absolute atomic E-state index is 10.0. The Morgan fingerprint density at radius 1 is 1.88 bits per heavy atom. The number of hydrogen-bond acceptors (Lipinski definition) is 1. The quantitative estimate of drug-likeness (QED) is 0.464. The minimum Gasteiger partial charge on any atom is -0.306 e. The van der Waals surface area contributed by atoms with Gasteiger partial charge in [-0.15, -0.1) is 0 Å². The van der Waals surface area contributed by atoms with Gasteiger partial charge >= 0.3 is 0 Å². The predicted octanol–water partition coefficient (Wildman–Crippen LogP) is 1.17. The molecule has 2 nitrogen and oxygen atoms in total. The lowest BCUT2D eigenvalue weighted by Gasteiger charge is -1.93. The minimum atomic E-state index is -1.70. The molecule has 48 valence electrons. The van der Waals surface area contributed by atoms with E-state index in [1.807, 2.05) is 6.92 Å². The zero-order chi connectivity index (χ0) is 6.57. The molecule has 0 saturated heterocycles. The first-order valence-corrected chi connectivity index (χ1v) is 3.68. The zero-order valence-corrected chi connectivity index (χ0v) is 5.70. The molecule has 0 saturated carbocycles. The van der Waals surface area contributed by atoms with Gasteiger partial charge in [-0.1, -0.05) is 19.1 Å². The summed E-state index contributed by atoms with van der Waals surface area (Å²) in [5.41, 5.74) is 0.825. The molecule has 0 aliphatic carbocycles. The summed E-state index contributed by atoms with van der Waals surface area (Å²) in [6.45, 7) is 5.47. The molecular formula is C5H10O2S. The van der Waals surface area contributed by atoms with E-state index in [1.54, 1.807) is 0 Å². The van der Waals surface area contributed by atoms with Crippen molar-refractivity contribution in [2.75, 3.05) is 5.75 Å². The summed E-state index contributed by atoms with van der Waals surface area (Å²) >= 11 is -1.70. The van der Waals surface area contributed by atoms with Gasteiger partial charge in [0, 0.05) is 0 Å². The third-order valence-corrected chi connectivity index (χ3v) is 1.48. The molecule has 0 aromatic rings. The zero-order valence-electron chi connectivity index (χ0n) is 4.89. The van der Waals surface area contributed by atoms with Crippen LogP contribution in [0.5, 0.6) is 0 Å². The van der Waals surface area contributed by atoms with Crippen LogP contribution in [0.4, 0.5) is 0 Å². The lowest BCUT2D eigenvalue weighted by atomic mass is 10.3. The highest BCUT2D eigenvalue weighted by Crippen LogP contribution is 1.96. The summed E-state index contributed by atoms with van der Waals surface area (Å²) in [7, 11) is 0. The summed E-state index contributed by atoms with van der Waals surface area (Å²) < 4.78 is 18.3. The van der Waals surface area contributed by atoms with Gasteiger partial charge in [-0.25, -0.2) is 4.21 Å². The van der Waals surface area contributed by atoms with E-state index >= 15 is 0 Å². The molecule has 0 aliphatic rings. The standard InChI is InChI=1S/C5H10O2S/c1-3-5(2)4-8(6)7/h2-4H2,1H3,(H,6,7). The predicted molar refractivity (Wildman–Crippen MR) is 35.1 cm³/mol. The van der Waals surface area contributed by atoms with E-state index in [0.29, 0.717) is 0 Å². The van der Waals surface area contributed by atoms with Crippen molar-refractivity contribution in [3.8, 4) is 0 Å². The van der Waals surface area contributed by atoms with Crippen LogP contribution in [0.2, 0.25) is 0 Å². The topological polar surface area (TPSA) is 37.3 Å². The highest BCUT2D eigenvalue weighted by molar-refractivity contribution is 7.79. The van der Waals surface area contributed by atoms with Gasteiger partial charge in [-0.05, 0) is 6.42 Å². The van der Waals surface area contributed by atoms with Crippen LogP contribution in [-0.4, -0.2) is 14.5 Å². The van der Waals surface area contributed by atoms with Crippen molar-refractivity contribution in [3.05, 3.63) is 12.2 Å². The first kappa shape index (κ1) is 7.85. The third-order valence-electron chi connectivity index (χ3n) is 0.828. The van der Waals surface area contributed by atoms with Crippen molar-refractivity contribution < 1.29 is 8.76 Å². The van der Waals surface area contributed by atoms with Crippen molar-refractivity contribution in [2.24, 2.45) is 0 Å². The van der Waals surface area contributed by atoms with Gasteiger partial charge in [0.15, 0.2) is 11.1 Å². The van der Waals surface area contributed by atoms with Gasteiger partial charge in [0.1, 0.15) is 0 Å². The maximum Gasteiger partial charge on any atom is 0.156 e. The molecule has 0 bridgehead atoms.